The Balaban J connectivity index is 1.58. The van der Waals surface area contributed by atoms with Gasteiger partial charge in [0.1, 0.15) is 12.4 Å². The minimum absolute atomic E-state index is 0.0110. The molecule has 5 nitrogen and oxygen atoms in total. The van der Waals surface area contributed by atoms with Crippen LogP contribution in [-0.2, 0) is 11.3 Å². The van der Waals surface area contributed by atoms with Crippen LogP contribution in [0.25, 0.3) is 0 Å². The molecule has 0 aliphatic carbocycles. The van der Waals surface area contributed by atoms with Crippen molar-refractivity contribution < 1.29 is 14.3 Å². The Morgan fingerprint density at radius 2 is 1.89 bits per heavy atom. The summed E-state index contributed by atoms with van der Waals surface area (Å²) in [5.74, 6) is 0.620. The Labute approximate surface area is 161 Å². The number of hydrogen-bond donors (Lipinski definition) is 2. The molecule has 1 saturated heterocycles. The van der Waals surface area contributed by atoms with Crippen molar-refractivity contribution in [1.29, 1.82) is 0 Å². The summed E-state index contributed by atoms with van der Waals surface area (Å²) in [6.07, 6.45) is 2.00. The number of amides is 1. The van der Waals surface area contributed by atoms with Crippen LogP contribution in [0, 0.1) is 5.41 Å². The zero-order chi connectivity index (χ0) is 19.0. The highest BCUT2D eigenvalue weighted by atomic mass is 16.5. The molecule has 0 bridgehead atoms. The monoisotopic (exact) mass is 368 g/mol. The molecule has 144 valence electrons. The third kappa shape index (κ3) is 5.55. The summed E-state index contributed by atoms with van der Waals surface area (Å²) < 4.78 is 11.2. The fraction of sp³-hybridized carbons (Fsp3) is 0.409. The minimum atomic E-state index is -0.0748. The molecule has 1 heterocycles. The number of ether oxygens (including phenoxy) is 2. The molecule has 1 fully saturated rings. The Bertz CT molecular complexity index is 722. The molecule has 5 heteroatoms. The van der Waals surface area contributed by atoms with Crippen LogP contribution in [0.1, 0.15) is 28.8 Å². The fourth-order valence-electron chi connectivity index (χ4n) is 3.47. The normalized spacial score (nSPS) is 15.9. The van der Waals surface area contributed by atoms with Gasteiger partial charge in [0.05, 0.1) is 6.61 Å². The number of methoxy groups -OCH3 is 1. The molecule has 0 radical (unpaired) electrons. The van der Waals surface area contributed by atoms with E-state index in [4.69, 9.17) is 9.47 Å². The first-order valence-electron chi connectivity index (χ1n) is 9.45. The Kier molecular flexibility index (Phi) is 6.85. The van der Waals surface area contributed by atoms with Gasteiger partial charge < -0.3 is 20.1 Å². The number of piperidine rings is 1. The zero-order valence-corrected chi connectivity index (χ0v) is 15.9. The van der Waals surface area contributed by atoms with Crippen LogP contribution in [0.4, 0.5) is 0 Å². The number of hydrogen-bond acceptors (Lipinski definition) is 4. The van der Waals surface area contributed by atoms with Gasteiger partial charge in [-0.3, -0.25) is 4.79 Å². The Morgan fingerprint density at radius 1 is 1.11 bits per heavy atom. The smallest absolute Gasteiger partial charge is 0.251 e. The Morgan fingerprint density at radius 3 is 2.63 bits per heavy atom. The van der Waals surface area contributed by atoms with Crippen molar-refractivity contribution in [3.63, 3.8) is 0 Å². The maximum absolute atomic E-state index is 12.6. The lowest BCUT2D eigenvalue weighted by Crippen LogP contribution is -2.47. The number of carbonyl (C=O) groups is 1. The van der Waals surface area contributed by atoms with Crippen LogP contribution < -0.4 is 15.4 Å². The molecular formula is C22H28N2O3. The summed E-state index contributed by atoms with van der Waals surface area (Å²) in [6.45, 7) is 3.69. The molecular weight excluding hydrogens is 340 g/mol. The third-order valence-electron chi connectivity index (χ3n) is 5.08. The lowest BCUT2D eigenvalue weighted by atomic mass is 9.79. The van der Waals surface area contributed by atoms with Gasteiger partial charge in [-0.1, -0.05) is 36.4 Å². The second-order valence-electron chi connectivity index (χ2n) is 7.17. The zero-order valence-electron chi connectivity index (χ0n) is 15.9. The first-order valence-corrected chi connectivity index (χ1v) is 9.45. The Hall–Kier alpha value is -2.37. The van der Waals surface area contributed by atoms with Crippen molar-refractivity contribution in [3.8, 4) is 5.75 Å². The van der Waals surface area contributed by atoms with Crippen LogP contribution in [0.15, 0.2) is 54.6 Å². The van der Waals surface area contributed by atoms with E-state index in [1.807, 2.05) is 48.5 Å². The summed E-state index contributed by atoms with van der Waals surface area (Å²) in [7, 11) is 1.72. The van der Waals surface area contributed by atoms with E-state index in [1.165, 1.54) is 0 Å². The first kappa shape index (κ1) is 19.4. The van der Waals surface area contributed by atoms with Gasteiger partial charge in [0.25, 0.3) is 5.91 Å². The van der Waals surface area contributed by atoms with Crippen molar-refractivity contribution in [1.82, 2.24) is 10.6 Å². The van der Waals surface area contributed by atoms with Crippen LogP contribution in [-0.4, -0.2) is 39.3 Å². The second-order valence-corrected chi connectivity index (χ2v) is 7.17. The number of rotatable bonds is 8. The van der Waals surface area contributed by atoms with E-state index in [2.05, 4.69) is 10.6 Å². The number of benzene rings is 2. The minimum Gasteiger partial charge on any atom is -0.489 e. The van der Waals surface area contributed by atoms with E-state index in [9.17, 15) is 4.79 Å². The topological polar surface area (TPSA) is 59.6 Å². The van der Waals surface area contributed by atoms with Gasteiger partial charge in [-0.25, -0.2) is 0 Å². The molecule has 1 aliphatic heterocycles. The van der Waals surface area contributed by atoms with Gasteiger partial charge in [-0.05, 0) is 49.7 Å². The van der Waals surface area contributed by atoms with E-state index >= 15 is 0 Å². The summed E-state index contributed by atoms with van der Waals surface area (Å²) in [6, 6.07) is 17.3. The predicted molar refractivity (Wildman–Crippen MR) is 106 cm³/mol. The van der Waals surface area contributed by atoms with Crippen LogP contribution in [0.5, 0.6) is 5.75 Å². The highest BCUT2D eigenvalue weighted by molar-refractivity contribution is 5.94. The van der Waals surface area contributed by atoms with Gasteiger partial charge in [0.15, 0.2) is 0 Å². The van der Waals surface area contributed by atoms with Crippen molar-refractivity contribution in [3.05, 3.63) is 65.7 Å². The quantitative estimate of drug-likeness (QED) is 0.752. The third-order valence-corrected chi connectivity index (χ3v) is 5.08. The summed E-state index contributed by atoms with van der Waals surface area (Å²) in [5, 5.41) is 6.46. The SMILES string of the molecule is COCC1(CNC(=O)c2cccc(OCc3ccccc3)c2)CCNCC1. The summed E-state index contributed by atoms with van der Waals surface area (Å²) in [5.41, 5.74) is 1.72. The highest BCUT2D eigenvalue weighted by Crippen LogP contribution is 2.28. The van der Waals surface area contributed by atoms with E-state index < -0.39 is 0 Å². The maximum Gasteiger partial charge on any atom is 0.251 e. The van der Waals surface area contributed by atoms with Gasteiger partial charge in [0.2, 0.25) is 0 Å². The lowest BCUT2D eigenvalue weighted by Gasteiger charge is -2.37. The standard InChI is InChI=1S/C22H28N2O3/c1-26-17-22(10-12-23-13-11-22)16-24-21(25)19-8-5-9-20(14-19)27-15-18-6-3-2-4-7-18/h2-9,14,23H,10-13,15-17H2,1H3,(H,24,25). The van der Waals surface area contributed by atoms with Crippen LogP contribution in [0.3, 0.4) is 0 Å². The van der Waals surface area contributed by atoms with E-state index in [0.29, 0.717) is 31.1 Å². The molecule has 0 saturated carbocycles. The molecule has 27 heavy (non-hydrogen) atoms. The summed E-state index contributed by atoms with van der Waals surface area (Å²) in [4.78, 5) is 12.6. The summed E-state index contributed by atoms with van der Waals surface area (Å²) >= 11 is 0. The van der Waals surface area contributed by atoms with Crippen molar-refractivity contribution in [2.45, 2.75) is 19.4 Å². The van der Waals surface area contributed by atoms with Crippen molar-refractivity contribution in [2.75, 3.05) is 33.4 Å². The molecule has 1 amide bonds. The van der Waals surface area contributed by atoms with E-state index in [0.717, 1.165) is 31.5 Å². The molecule has 3 rings (SSSR count). The average Bonchev–Trinajstić information content (AvgIpc) is 2.72. The van der Waals surface area contributed by atoms with E-state index in [-0.39, 0.29) is 11.3 Å². The van der Waals surface area contributed by atoms with Gasteiger partial charge in [0, 0.05) is 24.6 Å². The fourth-order valence-corrected chi connectivity index (χ4v) is 3.47. The molecule has 1 aliphatic rings. The first-order chi connectivity index (χ1) is 13.2. The second kappa shape index (κ2) is 9.53. The van der Waals surface area contributed by atoms with Crippen LogP contribution >= 0.6 is 0 Å². The molecule has 2 aromatic rings. The molecule has 2 aromatic carbocycles. The largest absolute Gasteiger partial charge is 0.489 e. The van der Waals surface area contributed by atoms with Gasteiger partial charge in [-0.15, -0.1) is 0 Å². The van der Waals surface area contributed by atoms with E-state index in [1.54, 1.807) is 13.2 Å². The van der Waals surface area contributed by atoms with Crippen LogP contribution in [0.2, 0.25) is 0 Å². The molecule has 0 aromatic heterocycles. The molecule has 0 atom stereocenters. The number of nitrogens with one attached hydrogen (secondary N) is 2. The molecule has 0 unspecified atom stereocenters. The van der Waals surface area contributed by atoms with Gasteiger partial charge >= 0.3 is 0 Å². The van der Waals surface area contributed by atoms with Crippen molar-refractivity contribution >= 4 is 5.91 Å². The molecule has 2 N–H and O–H groups in total. The predicted octanol–water partition coefficient (Wildman–Crippen LogP) is 3.01. The average molecular weight is 368 g/mol. The maximum atomic E-state index is 12.6. The number of carbonyl (C=O) groups excluding carboxylic acids is 1. The van der Waals surface area contributed by atoms with Gasteiger partial charge in [-0.2, -0.15) is 0 Å². The lowest BCUT2D eigenvalue weighted by molar-refractivity contribution is 0.0511. The highest BCUT2D eigenvalue weighted by Gasteiger charge is 2.32. The van der Waals surface area contributed by atoms with Crippen molar-refractivity contribution in [2.24, 2.45) is 5.41 Å². The molecule has 0 spiro atoms.